The predicted octanol–water partition coefficient (Wildman–Crippen LogP) is 2.40. The van der Waals surface area contributed by atoms with Crippen LogP contribution in [0.1, 0.15) is 63.6 Å². The summed E-state index contributed by atoms with van der Waals surface area (Å²) in [4.78, 5) is 4.46. The maximum absolute atomic E-state index is 5.92. The molecule has 1 aromatic rings. The third-order valence-electron chi connectivity index (χ3n) is 3.19. The molecule has 1 aromatic heterocycles. The second-order valence-corrected chi connectivity index (χ2v) is 5.52. The van der Waals surface area contributed by atoms with E-state index in [1.165, 1.54) is 25.7 Å². The number of aryl methyl sites for hydroxylation is 1. The lowest BCUT2D eigenvalue weighted by Gasteiger charge is -2.16. The second kappa shape index (κ2) is 4.53. The molecule has 2 N–H and O–H groups in total. The summed E-state index contributed by atoms with van der Waals surface area (Å²) >= 11 is 0. The van der Waals surface area contributed by atoms with Gasteiger partial charge in [-0.2, -0.15) is 4.98 Å². The molecule has 4 nitrogen and oxygen atoms in total. The van der Waals surface area contributed by atoms with Gasteiger partial charge in [0.15, 0.2) is 5.82 Å². The highest BCUT2D eigenvalue weighted by atomic mass is 16.5. The number of nitrogens with two attached hydrogens (primary N) is 1. The van der Waals surface area contributed by atoms with Gasteiger partial charge >= 0.3 is 0 Å². The molecule has 0 aliphatic heterocycles. The fourth-order valence-electron chi connectivity index (χ4n) is 2.15. The normalized spacial score (nSPS) is 18.2. The lowest BCUT2D eigenvalue weighted by atomic mass is 10.0. The van der Waals surface area contributed by atoms with Gasteiger partial charge in [-0.05, 0) is 33.1 Å². The van der Waals surface area contributed by atoms with Gasteiger partial charge in [0, 0.05) is 17.9 Å². The first kappa shape index (κ1) is 11.6. The van der Waals surface area contributed by atoms with Crippen LogP contribution in [0.15, 0.2) is 4.52 Å². The van der Waals surface area contributed by atoms with E-state index < -0.39 is 0 Å². The Kier molecular flexibility index (Phi) is 3.28. The Morgan fingerprint density at radius 3 is 2.69 bits per heavy atom. The maximum Gasteiger partial charge on any atom is 0.226 e. The number of hydrogen-bond acceptors (Lipinski definition) is 4. The molecule has 0 unspecified atom stereocenters. The van der Waals surface area contributed by atoms with Crippen LogP contribution in [-0.4, -0.2) is 15.7 Å². The van der Waals surface area contributed by atoms with Crippen molar-refractivity contribution >= 4 is 0 Å². The van der Waals surface area contributed by atoms with Crippen LogP contribution < -0.4 is 5.73 Å². The average molecular weight is 223 g/mol. The Bertz CT molecular complexity index is 334. The zero-order chi connectivity index (χ0) is 11.6. The van der Waals surface area contributed by atoms with E-state index in [0.29, 0.717) is 5.92 Å². The lowest BCUT2D eigenvalue weighted by molar-refractivity contribution is 0.352. The van der Waals surface area contributed by atoms with Crippen molar-refractivity contribution in [2.24, 2.45) is 5.73 Å². The van der Waals surface area contributed by atoms with Crippen LogP contribution in [-0.2, 0) is 6.42 Å². The standard InChI is InChI=1S/C12H21N3O/c1-12(2,13)8-7-10-14-11(15-16-10)9-5-3-4-6-9/h9H,3-8,13H2,1-2H3. The van der Waals surface area contributed by atoms with E-state index in [2.05, 4.69) is 10.1 Å². The van der Waals surface area contributed by atoms with Gasteiger partial charge in [-0.25, -0.2) is 0 Å². The molecule has 0 radical (unpaired) electrons. The highest BCUT2D eigenvalue weighted by Crippen LogP contribution is 2.32. The van der Waals surface area contributed by atoms with Gasteiger partial charge in [-0.1, -0.05) is 18.0 Å². The molecule has 0 saturated heterocycles. The summed E-state index contributed by atoms with van der Waals surface area (Å²) in [5.41, 5.74) is 5.76. The predicted molar refractivity (Wildman–Crippen MR) is 62.1 cm³/mol. The molecule has 0 amide bonds. The van der Waals surface area contributed by atoms with Gasteiger partial charge in [0.2, 0.25) is 5.89 Å². The van der Waals surface area contributed by atoms with Gasteiger partial charge in [-0.3, -0.25) is 0 Å². The van der Waals surface area contributed by atoms with E-state index in [-0.39, 0.29) is 5.54 Å². The Hall–Kier alpha value is -0.900. The van der Waals surface area contributed by atoms with Crippen molar-refractivity contribution in [3.63, 3.8) is 0 Å². The van der Waals surface area contributed by atoms with Gasteiger partial charge in [0.1, 0.15) is 0 Å². The molecule has 1 aliphatic carbocycles. The Labute approximate surface area is 96.6 Å². The maximum atomic E-state index is 5.92. The summed E-state index contributed by atoms with van der Waals surface area (Å²) in [6.07, 6.45) is 6.67. The minimum Gasteiger partial charge on any atom is -0.339 e. The van der Waals surface area contributed by atoms with Crippen LogP contribution in [0.4, 0.5) is 0 Å². The molecule has 0 atom stereocenters. The molecule has 1 heterocycles. The highest BCUT2D eigenvalue weighted by molar-refractivity contribution is 4.98. The SMILES string of the molecule is CC(C)(N)CCc1nc(C2CCCC2)no1. The smallest absolute Gasteiger partial charge is 0.226 e. The van der Waals surface area contributed by atoms with Crippen LogP contribution in [0, 0.1) is 0 Å². The van der Waals surface area contributed by atoms with E-state index in [4.69, 9.17) is 10.3 Å². The number of aromatic nitrogens is 2. The molecule has 16 heavy (non-hydrogen) atoms. The number of hydrogen-bond donors (Lipinski definition) is 1. The van der Waals surface area contributed by atoms with Crippen molar-refractivity contribution in [3.05, 3.63) is 11.7 Å². The molecule has 1 aliphatic rings. The van der Waals surface area contributed by atoms with Crippen molar-refractivity contribution < 1.29 is 4.52 Å². The molecule has 1 fully saturated rings. The van der Waals surface area contributed by atoms with Crippen LogP contribution in [0.5, 0.6) is 0 Å². The zero-order valence-corrected chi connectivity index (χ0v) is 10.2. The largest absolute Gasteiger partial charge is 0.339 e. The van der Waals surface area contributed by atoms with Gasteiger partial charge in [-0.15, -0.1) is 0 Å². The monoisotopic (exact) mass is 223 g/mol. The fraction of sp³-hybridized carbons (Fsp3) is 0.833. The Morgan fingerprint density at radius 2 is 2.06 bits per heavy atom. The summed E-state index contributed by atoms with van der Waals surface area (Å²) in [6.45, 7) is 4.03. The minimum absolute atomic E-state index is 0.165. The lowest BCUT2D eigenvalue weighted by Crippen LogP contribution is -2.32. The van der Waals surface area contributed by atoms with Crippen LogP contribution in [0.3, 0.4) is 0 Å². The minimum atomic E-state index is -0.165. The summed E-state index contributed by atoms with van der Waals surface area (Å²) in [7, 11) is 0. The number of rotatable bonds is 4. The Morgan fingerprint density at radius 1 is 1.38 bits per heavy atom. The molecule has 0 aromatic carbocycles. The van der Waals surface area contributed by atoms with Gasteiger partial charge in [0.25, 0.3) is 0 Å². The molecule has 4 heteroatoms. The van der Waals surface area contributed by atoms with Gasteiger partial charge in [0.05, 0.1) is 0 Å². The molecule has 1 saturated carbocycles. The van der Waals surface area contributed by atoms with Crippen molar-refractivity contribution in [2.75, 3.05) is 0 Å². The summed E-state index contributed by atoms with van der Waals surface area (Å²) in [6, 6.07) is 0. The van der Waals surface area contributed by atoms with Crippen molar-refractivity contribution in [3.8, 4) is 0 Å². The van der Waals surface area contributed by atoms with E-state index >= 15 is 0 Å². The van der Waals surface area contributed by atoms with Gasteiger partial charge < -0.3 is 10.3 Å². The van der Waals surface area contributed by atoms with Crippen LogP contribution in [0.25, 0.3) is 0 Å². The van der Waals surface area contributed by atoms with E-state index in [9.17, 15) is 0 Å². The molecule has 0 bridgehead atoms. The van der Waals surface area contributed by atoms with Crippen LogP contribution >= 0.6 is 0 Å². The zero-order valence-electron chi connectivity index (χ0n) is 10.2. The summed E-state index contributed by atoms with van der Waals surface area (Å²) in [5, 5.41) is 4.07. The fourth-order valence-corrected chi connectivity index (χ4v) is 2.15. The number of nitrogens with zero attached hydrogens (tertiary/aromatic N) is 2. The second-order valence-electron chi connectivity index (χ2n) is 5.52. The van der Waals surface area contributed by atoms with Crippen LogP contribution in [0.2, 0.25) is 0 Å². The summed E-state index contributed by atoms with van der Waals surface area (Å²) in [5.74, 6) is 2.17. The topological polar surface area (TPSA) is 64.9 Å². The first-order valence-electron chi connectivity index (χ1n) is 6.16. The van der Waals surface area contributed by atoms with E-state index in [1.807, 2.05) is 13.8 Å². The van der Waals surface area contributed by atoms with E-state index in [1.54, 1.807) is 0 Å². The third-order valence-corrected chi connectivity index (χ3v) is 3.19. The molecule has 2 rings (SSSR count). The first-order chi connectivity index (χ1) is 7.54. The molecule has 90 valence electrons. The molecular weight excluding hydrogens is 202 g/mol. The molecular formula is C12H21N3O. The summed E-state index contributed by atoms with van der Waals surface area (Å²) < 4.78 is 5.26. The third kappa shape index (κ3) is 3.04. The average Bonchev–Trinajstić information content (AvgIpc) is 2.84. The quantitative estimate of drug-likeness (QED) is 0.851. The Balaban J connectivity index is 1.91. The van der Waals surface area contributed by atoms with Crippen molar-refractivity contribution in [1.29, 1.82) is 0 Å². The molecule has 0 spiro atoms. The van der Waals surface area contributed by atoms with Crippen molar-refractivity contribution in [2.45, 2.75) is 63.8 Å². The van der Waals surface area contributed by atoms with Crippen molar-refractivity contribution in [1.82, 2.24) is 10.1 Å². The van der Waals surface area contributed by atoms with E-state index in [0.717, 1.165) is 24.6 Å². The first-order valence-corrected chi connectivity index (χ1v) is 6.16. The highest BCUT2D eigenvalue weighted by Gasteiger charge is 2.22.